The molecule has 0 radical (unpaired) electrons. The number of ether oxygens (including phenoxy) is 1. The number of hydrogen-bond acceptors (Lipinski definition) is 8. The summed E-state index contributed by atoms with van der Waals surface area (Å²) in [6.07, 6.45) is 2.51. The van der Waals surface area contributed by atoms with Crippen LogP contribution in [0.3, 0.4) is 0 Å². The summed E-state index contributed by atoms with van der Waals surface area (Å²) in [7, 11) is 0. The van der Waals surface area contributed by atoms with Gasteiger partial charge in [-0.15, -0.1) is 0 Å². The second-order valence-electron chi connectivity index (χ2n) is 10.2. The highest BCUT2D eigenvalue weighted by atomic mass is 19.1. The maximum atomic E-state index is 14.1. The van der Waals surface area contributed by atoms with Crippen molar-refractivity contribution in [1.29, 1.82) is 0 Å². The third-order valence-corrected chi connectivity index (χ3v) is 7.65. The minimum Gasteiger partial charge on any atom is -0.494 e. The average molecular weight is 504 g/mol. The molecule has 0 amide bonds. The molecule has 3 aliphatic rings. The van der Waals surface area contributed by atoms with Gasteiger partial charge in [0.05, 0.1) is 37.1 Å². The Balaban J connectivity index is 1.19. The SMILES string of the molecule is O=C(CN1CCN(c2cc(F)ccc2OC2CCCC2)CC1)Cn1c(O)c2c(c1O)CC(O)C(O)C2. The van der Waals surface area contributed by atoms with E-state index in [-0.39, 0.29) is 55.4 Å². The molecule has 1 aromatic heterocycles. The molecular weight excluding hydrogens is 469 g/mol. The lowest BCUT2D eigenvalue weighted by molar-refractivity contribution is -0.121. The molecule has 1 saturated heterocycles. The molecule has 1 aliphatic heterocycles. The number of aliphatic hydroxyl groups is 2. The van der Waals surface area contributed by atoms with Gasteiger partial charge in [-0.05, 0) is 37.8 Å². The van der Waals surface area contributed by atoms with E-state index in [2.05, 4.69) is 4.90 Å². The van der Waals surface area contributed by atoms with Crippen molar-refractivity contribution in [1.82, 2.24) is 9.47 Å². The van der Waals surface area contributed by atoms with E-state index < -0.39 is 12.2 Å². The molecule has 0 bridgehead atoms. The van der Waals surface area contributed by atoms with Crippen LogP contribution < -0.4 is 9.64 Å². The minimum atomic E-state index is -1.02. The molecule has 9 nitrogen and oxygen atoms in total. The Morgan fingerprint density at radius 1 is 0.944 bits per heavy atom. The lowest BCUT2D eigenvalue weighted by Gasteiger charge is -2.36. The number of anilines is 1. The molecule has 2 unspecified atom stereocenters. The van der Waals surface area contributed by atoms with Crippen molar-refractivity contribution in [2.75, 3.05) is 37.6 Å². The van der Waals surface area contributed by atoms with Crippen molar-refractivity contribution in [3.8, 4) is 17.5 Å². The summed E-state index contributed by atoms with van der Waals surface area (Å²) in [5.41, 5.74) is 1.49. The number of carbonyl (C=O) groups is 1. The number of piperazine rings is 1. The number of hydrogen-bond donors (Lipinski definition) is 4. The van der Waals surface area contributed by atoms with Crippen molar-refractivity contribution in [2.45, 2.75) is 63.4 Å². The van der Waals surface area contributed by atoms with E-state index in [1.165, 1.54) is 12.1 Å². The highest BCUT2D eigenvalue weighted by Crippen LogP contribution is 2.39. The number of aliphatic hydroxyl groups excluding tert-OH is 2. The summed E-state index contributed by atoms with van der Waals surface area (Å²) in [6, 6.07) is 4.64. The fourth-order valence-corrected chi connectivity index (χ4v) is 5.61. The van der Waals surface area contributed by atoms with E-state index in [9.17, 15) is 29.6 Å². The molecule has 10 heteroatoms. The van der Waals surface area contributed by atoms with Gasteiger partial charge in [0.15, 0.2) is 17.5 Å². The first-order valence-electron chi connectivity index (χ1n) is 12.7. The highest BCUT2D eigenvalue weighted by Gasteiger charge is 2.34. The molecule has 5 rings (SSSR count). The Bertz CT molecular complexity index is 1070. The van der Waals surface area contributed by atoms with Gasteiger partial charge in [-0.25, -0.2) is 4.39 Å². The number of nitrogens with zero attached hydrogens (tertiary/aromatic N) is 3. The molecule has 36 heavy (non-hydrogen) atoms. The normalized spacial score (nSPS) is 23.1. The molecule has 0 spiro atoms. The summed E-state index contributed by atoms with van der Waals surface area (Å²) < 4.78 is 21.4. The quantitative estimate of drug-likeness (QED) is 0.450. The van der Waals surface area contributed by atoms with Crippen LogP contribution >= 0.6 is 0 Å². The van der Waals surface area contributed by atoms with Crippen LogP contribution in [0.5, 0.6) is 17.5 Å². The Morgan fingerprint density at radius 3 is 2.17 bits per heavy atom. The second-order valence-corrected chi connectivity index (χ2v) is 10.2. The lowest BCUT2D eigenvalue weighted by Crippen LogP contribution is -2.48. The van der Waals surface area contributed by atoms with E-state index in [0.717, 1.165) is 35.9 Å². The van der Waals surface area contributed by atoms with Crippen LogP contribution in [0.4, 0.5) is 10.1 Å². The van der Waals surface area contributed by atoms with Gasteiger partial charge >= 0.3 is 0 Å². The number of benzene rings is 1. The largest absolute Gasteiger partial charge is 0.494 e. The lowest BCUT2D eigenvalue weighted by atomic mass is 9.90. The number of aromatic hydroxyl groups is 2. The summed E-state index contributed by atoms with van der Waals surface area (Å²) in [4.78, 5) is 16.9. The van der Waals surface area contributed by atoms with Gasteiger partial charge < -0.3 is 30.1 Å². The van der Waals surface area contributed by atoms with Gasteiger partial charge in [0.2, 0.25) is 0 Å². The van der Waals surface area contributed by atoms with Gasteiger partial charge in [-0.1, -0.05) is 0 Å². The average Bonchev–Trinajstić information content (AvgIpc) is 3.44. The van der Waals surface area contributed by atoms with Crippen LogP contribution in [0, 0.1) is 5.82 Å². The standard InChI is InChI=1S/C26H34FN3O6/c27-16-5-6-24(36-18-3-1-2-4-18)21(11-16)29-9-7-28(8-10-29)14-17(31)15-30-25(34)19-12-22(32)23(33)13-20(19)26(30)35/h5-6,11,18,22-23,32-35H,1-4,7-10,12-15H2. The molecule has 2 atom stereocenters. The Labute approximate surface area is 209 Å². The third-order valence-electron chi connectivity index (χ3n) is 7.65. The van der Waals surface area contributed by atoms with E-state index in [4.69, 9.17) is 4.74 Å². The van der Waals surface area contributed by atoms with Gasteiger partial charge in [0.1, 0.15) is 11.6 Å². The minimum absolute atomic E-state index is 0.0194. The summed E-state index contributed by atoms with van der Waals surface area (Å²) >= 11 is 0. The van der Waals surface area contributed by atoms with Crippen molar-refractivity contribution >= 4 is 11.5 Å². The molecule has 2 aliphatic carbocycles. The number of rotatable bonds is 7. The number of carbonyl (C=O) groups excluding carboxylic acids is 1. The Morgan fingerprint density at radius 2 is 1.56 bits per heavy atom. The van der Waals surface area contributed by atoms with Crippen molar-refractivity contribution < 1.29 is 34.3 Å². The predicted octanol–water partition coefficient (Wildman–Crippen LogP) is 1.57. The first-order valence-corrected chi connectivity index (χ1v) is 12.7. The van der Waals surface area contributed by atoms with Gasteiger partial charge in [-0.2, -0.15) is 0 Å². The number of ketones is 1. The maximum absolute atomic E-state index is 14.1. The monoisotopic (exact) mass is 503 g/mol. The van der Waals surface area contributed by atoms with Crippen LogP contribution in [0.15, 0.2) is 18.2 Å². The number of aromatic nitrogens is 1. The number of Topliss-reactive ketones (excluding diaryl/α,β-unsaturated/α-hetero) is 1. The van der Waals surface area contributed by atoms with Crippen molar-refractivity contribution in [3.63, 3.8) is 0 Å². The Kier molecular flexibility index (Phi) is 7.09. The molecule has 196 valence electrons. The van der Waals surface area contributed by atoms with Crippen LogP contribution in [0.1, 0.15) is 36.8 Å². The van der Waals surface area contributed by atoms with Crippen LogP contribution in [0.2, 0.25) is 0 Å². The van der Waals surface area contributed by atoms with Crippen LogP contribution in [-0.4, -0.2) is 86.7 Å². The zero-order valence-corrected chi connectivity index (χ0v) is 20.3. The molecule has 1 aromatic carbocycles. The predicted molar refractivity (Wildman–Crippen MR) is 130 cm³/mol. The molecule has 2 heterocycles. The summed E-state index contributed by atoms with van der Waals surface area (Å²) in [5, 5.41) is 40.8. The fourth-order valence-electron chi connectivity index (χ4n) is 5.61. The third kappa shape index (κ3) is 5.02. The maximum Gasteiger partial charge on any atom is 0.197 e. The van der Waals surface area contributed by atoms with Gasteiger partial charge in [-0.3, -0.25) is 14.3 Å². The number of fused-ring (bicyclic) bond motifs is 1. The molecule has 2 fully saturated rings. The first-order chi connectivity index (χ1) is 17.3. The highest BCUT2D eigenvalue weighted by molar-refractivity contribution is 5.81. The molecule has 4 N–H and O–H groups in total. The first kappa shape index (κ1) is 24.9. The topological polar surface area (TPSA) is 119 Å². The molecular formula is C26H34FN3O6. The van der Waals surface area contributed by atoms with Crippen LogP contribution in [0.25, 0.3) is 0 Å². The van der Waals surface area contributed by atoms with Crippen LogP contribution in [-0.2, 0) is 24.2 Å². The summed E-state index contributed by atoms with van der Waals surface area (Å²) in [6.45, 7) is 2.37. The van der Waals surface area contributed by atoms with E-state index in [1.54, 1.807) is 6.07 Å². The van der Waals surface area contributed by atoms with Gasteiger partial charge in [0, 0.05) is 56.2 Å². The van der Waals surface area contributed by atoms with E-state index in [0.29, 0.717) is 43.1 Å². The number of halogens is 1. The van der Waals surface area contributed by atoms with E-state index in [1.807, 2.05) is 4.90 Å². The molecule has 2 aromatic rings. The van der Waals surface area contributed by atoms with Crippen molar-refractivity contribution in [2.24, 2.45) is 0 Å². The fraction of sp³-hybridized carbons (Fsp3) is 0.577. The zero-order valence-electron chi connectivity index (χ0n) is 20.3. The second kappa shape index (κ2) is 10.3. The molecule has 1 saturated carbocycles. The smallest absolute Gasteiger partial charge is 0.197 e. The van der Waals surface area contributed by atoms with Gasteiger partial charge in [0.25, 0.3) is 0 Å². The van der Waals surface area contributed by atoms with Crippen molar-refractivity contribution in [3.05, 3.63) is 35.1 Å². The van der Waals surface area contributed by atoms with E-state index >= 15 is 0 Å². The zero-order chi connectivity index (χ0) is 25.4. The summed E-state index contributed by atoms with van der Waals surface area (Å²) in [5.74, 6) is -0.278. The Hall–Kier alpha value is -2.82.